The Kier molecular flexibility index (Phi) is 6.19. The largest absolute Gasteiger partial charge is 0.325 e. The van der Waals surface area contributed by atoms with Gasteiger partial charge in [-0.3, -0.25) is 14.9 Å². The molecule has 2 N–H and O–H groups in total. The van der Waals surface area contributed by atoms with Gasteiger partial charge in [0.05, 0.1) is 18.0 Å². The van der Waals surface area contributed by atoms with Crippen LogP contribution in [0.4, 0.5) is 11.4 Å². The van der Waals surface area contributed by atoms with Gasteiger partial charge in [-0.25, -0.2) is 0 Å². The fraction of sp³-hybridized carbons (Fsp3) is 0.381. The molecule has 0 unspecified atom stereocenters. The summed E-state index contributed by atoms with van der Waals surface area (Å²) in [6.07, 6.45) is 3.27. The highest BCUT2D eigenvalue weighted by molar-refractivity contribution is 5.95. The maximum atomic E-state index is 12.6. The van der Waals surface area contributed by atoms with E-state index in [1.807, 2.05) is 13.0 Å². The van der Waals surface area contributed by atoms with Gasteiger partial charge >= 0.3 is 0 Å². The van der Waals surface area contributed by atoms with Crippen LogP contribution in [0.15, 0.2) is 54.6 Å². The highest BCUT2D eigenvalue weighted by Gasteiger charge is 2.31. The third-order valence-electron chi connectivity index (χ3n) is 5.48. The van der Waals surface area contributed by atoms with Crippen LogP contribution in [-0.2, 0) is 11.2 Å². The van der Waals surface area contributed by atoms with Crippen LogP contribution >= 0.6 is 0 Å². The summed E-state index contributed by atoms with van der Waals surface area (Å²) in [7, 11) is 0. The van der Waals surface area contributed by atoms with Crippen molar-refractivity contribution in [1.29, 1.82) is 0 Å². The van der Waals surface area contributed by atoms with Gasteiger partial charge < -0.3 is 10.2 Å². The number of carbonyl (C=O) groups excluding carboxylic acids is 1. The van der Waals surface area contributed by atoms with Crippen molar-refractivity contribution >= 4 is 17.3 Å². The van der Waals surface area contributed by atoms with E-state index < -0.39 is 4.92 Å². The number of hydrogen-bond donors (Lipinski definition) is 2. The molecule has 6 nitrogen and oxygen atoms in total. The summed E-state index contributed by atoms with van der Waals surface area (Å²) in [5, 5.41) is 13.8. The average molecular weight is 368 g/mol. The number of nitrogens with one attached hydrogen (secondary N) is 2. The van der Waals surface area contributed by atoms with Crippen LogP contribution in [0, 0.1) is 16.0 Å². The van der Waals surface area contributed by atoms with Gasteiger partial charge in [-0.05, 0) is 43.7 Å². The Morgan fingerprint density at radius 1 is 1.15 bits per heavy atom. The molecule has 1 aliphatic heterocycles. The Balaban J connectivity index is 1.54. The van der Waals surface area contributed by atoms with Crippen LogP contribution in [0.25, 0.3) is 0 Å². The summed E-state index contributed by atoms with van der Waals surface area (Å²) in [6, 6.07) is 16.6. The van der Waals surface area contributed by atoms with Crippen LogP contribution in [0.3, 0.4) is 0 Å². The van der Waals surface area contributed by atoms with Gasteiger partial charge in [0.1, 0.15) is 5.69 Å². The smallest absolute Gasteiger partial charge is 0.292 e. The summed E-state index contributed by atoms with van der Waals surface area (Å²) in [4.78, 5) is 24.5. The molecule has 0 aliphatic carbocycles. The molecule has 3 rings (SSSR count). The lowest BCUT2D eigenvalue weighted by atomic mass is 9.89. The van der Waals surface area contributed by atoms with Crippen molar-refractivity contribution in [2.45, 2.75) is 32.2 Å². The van der Waals surface area contributed by atoms with Gasteiger partial charge in [0.15, 0.2) is 6.04 Å². The van der Waals surface area contributed by atoms with Crippen molar-refractivity contribution in [3.8, 4) is 0 Å². The maximum Gasteiger partial charge on any atom is 0.292 e. The van der Waals surface area contributed by atoms with Gasteiger partial charge in [-0.15, -0.1) is 0 Å². The molecule has 1 saturated heterocycles. The first-order valence-corrected chi connectivity index (χ1v) is 9.47. The van der Waals surface area contributed by atoms with Crippen LogP contribution in [0.5, 0.6) is 0 Å². The quantitative estimate of drug-likeness (QED) is 0.607. The van der Waals surface area contributed by atoms with Gasteiger partial charge in [0.2, 0.25) is 0 Å². The lowest BCUT2D eigenvalue weighted by Crippen LogP contribution is -3.17. The molecule has 6 heteroatoms. The summed E-state index contributed by atoms with van der Waals surface area (Å²) in [6.45, 7) is 3.79. The molecule has 142 valence electrons. The molecule has 1 amide bonds. The third-order valence-corrected chi connectivity index (χ3v) is 5.48. The molecule has 1 heterocycles. The Morgan fingerprint density at radius 3 is 2.44 bits per heavy atom. The molecule has 0 aromatic heterocycles. The standard InChI is InChI=1S/C21H25N3O3/c1-16(21(25)22-19-9-5-6-10-20(19)24(26)27)23-13-11-18(12-14-23)15-17-7-3-2-4-8-17/h2-10,16,18H,11-15H2,1H3,(H,22,25)/p+1/t16-/m1/s1. The molecule has 0 bridgehead atoms. The molecule has 0 spiro atoms. The SMILES string of the molecule is C[C@H](C(=O)Nc1ccccc1[N+](=O)[O-])[NH+]1CCC(Cc2ccccc2)CC1. The molecule has 0 saturated carbocycles. The van der Waals surface area contributed by atoms with Crippen molar-refractivity contribution in [3.05, 3.63) is 70.3 Å². The lowest BCUT2D eigenvalue weighted by Gasteiger charge is -2.32. The van der Waals surface area contributed by atoms with Gasteiger partial charge in [0, 0.05) is 6.07 Å². The topological polar surface area (TPSA) is 76.7 Å². The van der Waals surface area contributed by atoms with Crippen molar-refractivity contribution in [1.82, 2.24) is 0 Å². The second-order valence-corrected chi connectivity index (χ2v) is 7.28. The Bertz CT molecular complexity index is 786. The number of nitro groups is 1. The molecule has 27 heavy (non-hydrogen) atoms. The number of amides is 1. The molecular formula is C21H26N3O3+. The number of hydrogen-bond acceptors (Lipinski definition) is 3. The minimum atomic E-state index is -0.470. The van der Waals surface area contributed by atoms with Crippen LogP contribution in [0.2, 0.25) is 0 Å². The monoisotopic (exact) mass is 368 g/mol. The van der Waals surface area contributed by atoms with E-state index >= 15 is 0 Å². The van der Waals surface area contributed by atoms with Crippen LogP contribution in [0.1, 0.15) is 25.3 Å². The number of anilines is 1. The normalized spacial score (nSPS) is 20.6. The number of nitro benzene ring substituents is 1. The summed E-state index contributed by atoms with van der Waals surface area (Å²) >= 11 is 0. The summed E-state index contributed by atoms with van der Waals surface area (Å²) < 4.78 is 0. The molecular weight excluding hydrogens is 342 g/mol. The van der Waals surface area contributed by atoms with E-state index in [2.05, 4.69) is 29.6 Å². The van der Waals surface area contributed by atoms with Gasteiger partial charge in [-0.1, -0.05) is 42.5 Å². The average Bonchev–Trinajstić information content (AvgIpc) is 2.69. The number of para-hydroxylation sites is 2. The first-order chi connectivity index (χ1) is 13.0. The lowest BCUT2D eigenvalue weighted by molar-refractivity contribution is -0.919. The zero-order valence-corrected chi connectivity index (χ0v) is 15.6. The minimum Gasteiger partial charge on any atom is -0.325 e. The zero-order valence-electron chi connectivity index (χ0n) is 15.6. The van der Waals surface area contributed by atoms with E-state index in [1.54, 1.807) is 18.2 Å². The first-order valence-electron chi connectivity index (χ1n) is 9.47. The van der Waals surface area contributed by atoms with E-state index in [-0.39, 0.29) is 23.3 Å². The number of quaternary nitrogens is 1. The highest BCUT2D eigenvalue weighted by Crippen LogP contribution is 2.23. The fourth-order valence-corrected chi connectivity index (χ4v) is 3.80. The second-order valence-electron chi connectivity index (χ2n) is 7.28. The van der Waals surface area contributed by atoms with E-state index in [0.29, 0.717) is 5.92 Å². The molecule has 1 atom stereocenters. The van der Waals surface area contributed by atoms with Gasteiger partial charge in [-0.2, -0.15) is 0 Å². The third kappa shape index (κ3) is 4.92. The van der Waals surface area contributed by atoms with Gasteiger partial charge in [0.25, 0.3) is 11.6 Å². The van der Waals surface area contributed by atoms with Crippen molar-refractivity contribution in [2.24, 2.45) is 5.92 Å². The Morgan fingerprint density at radius 2 is 1.78 bits per heavy atom. The molecule has 1 fully saturated rings. The highest BCUT2D eigenvalue weighted by atomic mass is 16.6. The van der Waals surface area contributed by atoms with Crippen molar-refractivity contribution < 1.29 is 14.6 Å². The van der Waals surface area contributed by atoms with Crippen molar-refractivity contribution in [2.75, 3.05) is 18.4 Å². The Hall–Kier alpha value is -2.73. The number of carbonyl (C=O) groups is 1. The van der Waals surface area contributed by atoms with E-state index in [0.717, 1.165) is 32.4 Å². The number of likely N-dealkylation sites (tertiary alicyclic amines) is 1. The zero-order chi connectivity index (χ0) is 19.2. The molecule has 1 aliphatic rings. The van der Waals surface area contributed by atoms with E-state index in [4.69, 9.17) is 0 Å². The van der Waals surface area contributed by atoms with Crippen LogP contribution < -0.4 is 10.2 Å². The predicted octanol–water partition coefficient (Wildman–Crippen LogP) is 2.46. The molecule has 2 aromatic carbocycles. The Labute approximate surface area is 159 Å². The minimum absolute atomic E-state index is 0.0744. The first kappa shape index (κ1) is 19.0. The predicted molar refractivity (Wildman–Crippen MR) is 105 cm³/mol. The van der Waals surface area contributed by atoms with Crippen LogP contribution in [-0.4, -0.2) is 30.0 Å². The summed E-state index contributed by atoms with van der Waals surface area (Å²) in [5.41, 5.74) is 1.56. The molecule has 2 aromatic rings. The fourth-order valence-electron chi connectivity index (χ4n) is 3.80. The number of rotatable bonds is 6. The maximum absolute atomic E-state index is 12.6. The van der Waals surface area contributed by atoms with Crippen molar-refractivity contribution in [3.63, 3.8) is 0 Å². The second kappa shape index (κ2) is 8.77. The number of piperidine rings is 1. The molecule has 0 radical (unpaired) electrons. The van der Waals surface area contributed by atoms with E-state index in [1.165, 1.54) is 16.5 Å². The number of nitrogens with zero attached hydrogens (tertiary/aromatic N) is 1. The number of benzene rings is 2. The van der Waals surface area contributed by atoms with E-state index in [9.17, 15) is 14.9 Å². The summed E-state index contributed by atoms with van der Waals surface area (Å²) in [5.74, 6) is 0.488.